The Balaban J connectivity index is 1.34. The quantitative estimate of drug-likeness (QED) is 0.194. The van der Waals surface area contributed by atoms with Crippen LogP contribution in [-0.2, 0) is 0 Å². The molecular formula is C42H28N4. The van der Waals surface area contributed by atoms with E-state index in [1.165, 1.54) is 10.8 Å². The maximum absolute atomic E-state index is 5.05. The standard InChI is InChI=1S/C42H28N4/c1-3-13-32(14-4-1)40-44-41(33-15-5-2-6-16-33)46-42(45-40)36-27-34(29-21-23-31(24-22-29)39-20-9-10-25-43-39)26-35(28-36)38-19-11-17-30-12-7-8-18-37(30)38/h1-28H. The topological polar surface area (TPSA) is 51.6 Å². The fourth-order valence-electron chi connectivity index (χ4n) is 5.86. The van der Waals surface area contributed by atoms with Crippen LogP contribution in [0.5, 0.6) is 0 Å². The summed E-state index contributed by atoms with van der Waals surface area (Å²) in [7, 11) is 0. The first kappa shape index (κ1) is 27.3. The van der Waals surface area contributed by atoms with Gasteiger partial charge in [-0.1, -0.05) is 133 Å². The van der Waals surface area contributed by atoms with E-state index in [1.54, 1.807) is 0 Å². The minimum absolute atomic E-state index is 0.626. The second-order valence-corrected chi connectivity index (χ2v) is 11.2. The van der Waals surface area contributed by atoms with Crippen LogP contribution < -0.4 is 0 Å². The molecule has 2 heterocycles. The van der Waals surface area contributed by atoms with E-state index in [2.05, 4.69) is 89.9 Å². The van der Waals surface area contributed by atoms with Crippen LogP contribution in [-0.4, -0.2) is 19.9 Å². The molecule has 4 heteroatoms. The highest BCUT2D eigenvalue weighted by atomic mass is 15.0. The lowest BCUT2D eigenvalue weighted by molar-refractivity contribution is 1.07. The molecule has 2 aromatic heterocycles. The van der Waals surface area contributed by atoms with Gasteiger partial charge in [0.1, 0.15) is 0 Å². The lowest BCUT2D eigenvalue weighted by Gasteiger charge is -2.14. The van der Waals surface area contributed by atoms with Crippen LogP contribution in [0.2, 0.25) is 0 Å². The summed E-state index contributed by atoms with van der Waals surface area (Å²) >= 11 is 0. The molecule has 8 aromatic rings. The largest absolute Gasteiger partial charge is 0.256 e. The van der Waals surface area contributed by atoms with E-state index in [1.807, 2.05) is 85.1 Å². The molecule has 0 aliphatic heterocycles. The average molecular weight is 589 g/mol. The lowest BCUT2D eigenvalue weighted by Crippen LogP contribution is -2.00. The number of aromatic nitrogens is 4. The van der Waals surface area contributed by atoms with E-state index in [0.717, 1.165) is 50.2 Å². The van der Waals surface area contributed by atoms with Crippen molar-refractivity contribution in [2.45, 2.75) is 0 Å². The third-order valence-electron chi connectivity index (χ3n) is 8.17. The van der Waals surface area contributed by atoms with Gasteiger partial charge in [0.25, 0.3) is 0 Å². The van der Waals surface area contributed by atoms with Crippen LogP contribution in [0.4, 0.5) is 0 Å². The first-order valence-corrected chi connectivity index (χ1v) is 15.3. The summed E-state index contributed by atoms with van der Waals surface area (Å²) in [6.07, 6.45) is 1.82. The molecule has 0 aliphatic carbocycles. The van der Waals surface area contributed by atoms with Gasteiger partial charge in [0.05, 0.1) is 5.69 Å². The Bertz CT molecular complexity index is 2220. The molecule has 46 heavy (non-hydrogen) atoms. The summed E-state index contributed by atoms with van der Waals surface area (Å²) in [6, 6.07) is 56.4. The number of rotatable bonds is 6. The maximum atomic E-state index is 5.05. The number of hydrogen-bond donors (Lipinski definition) is 0. The van der Waals surface area contributed by atoms with E-state index >= 15 is 0 Å². The summed E-state index contributed by atoms with van der Waals surface area (Å²) in [5.41, 5.74) is 9.27. The minimum Gasteiger partial charge on any atom is -0.256 e. The molecule has 0 radical (unpaired) electrons. The predicted octanol–water partition coefficient (Wildman–Crippen LogP) is 10.4. The number of pyridine rings is 1. The van der Waals surface area contributed by atoms with Crippen molar-refractivity contribution in [3.8, 4) is 67.7 Å². The van der Waals surface area contributed by atoms with Gasteiger partial charge in [0.2, 0.25) is 0 Å². The number of fused-ring (bicyclic) bond motifs is 1. The van der Waals surface area contributed by atoms with E-state index in [-0.39, 0.29) is 0 Å². The second-order valence-electron chi connectivity index (χ2n) is 11.2. The molecule has 0 amide bonds. The van der Waals surface area contributed by atoms with Crippen LogP contribution in [0.25, 0.3) is 78.4 Å². The van der Waals surface area contributed by atoms with Crippen molar-refractivity contribution in [1.29, 1.82) is 0 Å². The summed E-state index contributed by atoms with van der Waals surface area (Å²) in [6.45, 7) is 0. The fourth-order valence-corrected chi connectivity index (χ4v) is 5.86. The van der Waals surface area contributed by atoms with Crippen molar-refractivity contribution in [3.63, 3.8) is 0 Å². The Morgan fingerprint density at radius 3 is 1.54 bits per heavy atom. The zero-order valence-electron chi connectivity index (χ0n) is 25.0. The third-order valence-corrected chi connectivity index (χ3v) is 8.17. The van der Waals surface area contributed by atoms with Crippen molar-refractivity contribution < 1.29 is 0 Å². The lowest BCUT2D eigenvalue weighted by atomic mass is 9.92. The van der Waals surface area contributed by atoms with E-state index in [4.69, 9.17) is 15.0 Å². The Labute approximate surface area is 267 Å². The Kier molecular flexibility index (Phi) is 7.14. The van der Waals surface area contributed by atoms with Crippen molar-refractivity contribution >= 4 is 10.8 Å². The highest BCUT2D eigenvalue weighted by Gasteiger charge is 2.15. The zero-order valence-corrected chi connectivity index (χ0v) is 25.0. The van der Waals surface area contributed by atoms with Gasteiger partial charge in [-0.05, 0) is 63.4 Å². The van der Waals surface area contributed by atoms with Crippen LogP contribution in [0.15, 0.2) is 170 Å². The molecule has 4 nitrogen and oxygen atoms in total. The first-order valence-electron chi connectivity index (χ1n) is 15.3. The van der Waals surface area contributed by atoms with Gasteiger partial charge in [-0.3, -0.25) is 4.98 Å². The van der Waals surface area contributed by atoms with Crippen molar-refractivity contribution in [2.24, 2.45) is 0 Å². The summed E-state index contributed by atoms with van der Waals surface area (Å²) in [5.74, 6) is 1.91. The van der Waals surface area contributed by atoms with Gasteiger partial charge in [-0.15, -0.1) is 0 Å². The summed E-state index contributed by atoms with van der Waals surface area (Å²) in [4.78, 5) is 19.6. The number of nitrogens with zero attached hydrogens (tertiary/aromatic N) is 4. The third kappa shape index (κ3) is 5.44. The Hall–Kier alpha value is -6.26. The zero-order chi connectivity index (χ0) is 30.7. The highest BCUT2D eigenvalue weighted by molar-refractivity contribution is 5.98. The van der Waals surface area contributed by atoms with Gasteiger partial charge in [-0.2, -0.15) is 0 Å². The molecular weight excluding hydrogens is 560 g/mol. The minimum atomic E-state index is 0.626. The van der Waals surface area contributed by atoms with Gasteiger partial charge in [-0.25, -0.2) is 15.0 Å². The molecule has 0 saturated carbocycles. The second kappa shape index (κ2) is 12.0. The normalized spacial score (nSPS) is 11.0. The molecule has 8 rings (SSSR count). The number of benzene rings is 6. The monoisotopic (exact) mass is 588 g/mol. The van der Waals surface area contributed by atoms with Gasteiger partial charge in [0, 0.05) is 28.5 Å². The molecule has 0 atom stereocenters. The molecule has 216 valence electrons. The van der Waals surface area contributed by atoms with Crippen molar-refractivity contribution in [3.05, 3.63) is 170 Å². The van der Waals surface area contributed by atoms with Crippen LogP contribution in [0, 0.1) is 0 Å². The molecule has 0 fully saturated rings. The van der Waals surface area contributed by atoms with E-state index in [0.29, 0.717) is 17.5 Å². The summed E-state index contributed by atoms with van der Waals surface area (Å²) in [5, 5.41) is 2.40. The van der Waals surface area contributed by atoms with Crippen LogP contribution in [0.3, 0.4) is 0 Å². The SMILES string of the molecule is c1ccc(-c2nc(-c3ccccc3)nc(-c3cc(-c4ccc(-c5ccccn5)cc4)cc(-c4cccc5ccccc45)c3)n2)cc1. The summed E-state index contributed by atoms with van der Waals surface area (Å²) < 4.78 is 0. The molecule has 6 aromatic carbocycles. The Morgan fingerprint density at radius 2 is 0.870 bits per heavy atom. The fraction of sp³-hybridized carbons (Fsp3) is 0. The molecule has 0 bridgehead atoms. The highest BCUT2D eigenvalue weighted by Crippen LogP contribution is 2.36. The smallest absolute Gasteiger partial charge is 0.164 e. The molecule has 0 aliphatic rings. The Morgan fingerprint density at radius 1 is 0.326 bits per heavy atom. The molecule has 0 spiro atoms. The van der Waals surface area contributed by atoms with Crippen molar-refractivity contribution in [2.75, 3.05) is 0 Å². The predicted molar refractivity (Wildman–Crippen MR) is 188 cm³/mol. The van der Waals surface area contributed by atoms with Crippen LogP contribution >= 0.6 is 0 Å². The van der Waals surface area contributed by atoms with Gasteiger partial charge in [0.15, 0.2) is 17.5 Å². The van der Waals surface area contributed by atoms with Crippen molar-refractivity contribution in [1.82, 2.24) is 19.9 Å². The number of hydrogen-bond acceptors (Lipinski definition) is 4. The molecule has 0 N–H and O–H groups in total. The van der Waals surface area contributed by atoms with E-state index in [9.17, 15) is 0 Å². The molecule has 0 unspecified atom stereocenters. The van der Waals surface area contributed by atoms with Gasteiger partial charge < -0.3 is 0 Å². The van der Waals surface area contributed by atoms with Crippen LogP contribution in [0.1, 0.15) is 0 Å². The molecule has 0 saturated heterocycles. The average Bonchev–Trinajstić information content (AvgIpc) is 3.15. The van der Waals surface area contributed by atoms with E-state index < -0.39 is 0 Å². The van der Waals surface area contributed by atoms with Gasteiger partial charge >= 0.3 is 0 Å². The maximum Gasteiger partial charge on any atom is 0.164 e. The first-order chi connectivity index (χ1) is 22.8.